The molecule has 2 aliphatic rings. The van der Waals surface area contributed by atoms with Crippen molar-refractivity contribution in [3.8, 4) is 0 Å². The summed E-state index contributed by atoms with van der Waals surface area (Å²) in [7, 11) is 0. The standard InChI is InChI=1S/C17H26N8/c1-3-19-17(20-4-1)24-10-8-23(9-11-24)7-6-18-12-15-13-21-16-2-5-22-25(16)14-15/h1-5,15,18,21H,6-14H2/t15-/m0/s1. The first-order chi connectivity index (χ1) is 12.4. The smallest absolute Gasteiger partial charge is 0.225 e. The molecule has 0 unspecified atom stereocenters. The van der Waals surface area contributed by atoms with E-state index in [-0.39, 0.29) is 0 Å². The van der Waals surface area contributed by atoms with Gasteiger partial charge in [-0.05, 0) is 6.07 Å². The molecule has 0 spiro atoms. The van der Waals surface area contributed by atoms with Crippen molar-refractivity contribution in [1.29, 1.82) is 0 Å². The maximum Gasteiger partial charge on any atom is 0.225 e. The van der Waals surface area contributed by atoms with Gasteiger partial charge in [0.15, 0.2) is 0 Å². The van der Waals surface area contributed by atoms with Crippen LogP contribution in [0.1, 0.15) is 0 Å². The predicted octanol–water partition coefficient (Wildman–Crippen LogP) is 0.127. The summed E-state index contributed by atoms with van der Waals surface area (Å²) in [6, 6.07) is 3.89. The van der Waals surface area contributed by atoms with E-state index in [0.717, 1.165) is 70.7 Å². The summed E-state index contributed by atoms with van der Waals surface area (Å²) >= 11 is 0. The zero-order valence-electron chi connectivity index (χ0n) is 14.5. The molecule has 2 aromatic heterocycles. The number of anilines is 2. The Bertz CT molecular complexity index is 650. The number of nitrogens with zero attached hydrogens (tertiary/aromatic N) is 6. The molecule has 4 rings (SSSR count). The van der Waals surface area contributed by atoms with Crippen LogP contribution in [0.4, 0.5) is 11.8 Å². The van der Waals surface area contributed by atoms with Gasteiger partial charge in [-0.3, -0.25) is 4.90 Å². The van der Waals surface area contributed by atoms with Crippen LogP contribution in [0, 0.1) is 5.92 Å². The van der Waals surface area contributed by atoms with Gasteiger partial charge in [0.1, 0.15) is 5.82 Å². The minimum absolute atomic E-state index is 0.597. The number of hydrogen-bond acceptors (Lipinski definition) is 7. The molecule has 134 valence electrons. The van der Waals surface area contributed by atoms with Gasteiger partial charge in [-0.15, -0.1) is 0 Å². The van der Waals surface area contributed by atoms with Crippen molar-refractivity contribution in [3.05, 3.63) is 30.7 Å². The third-order valence-electron chi connectivity index (χ3n) is 4.96. The average molecular weight is 342 g/mol. The fraction of sp³-hybridized carbons (Fsp3) is 0.588. The quantitative estimate of drug-likeness (QED) is 0.723. The van der Waals surface area contributed by atoms with Gasteiger partial charge in [-0.25, -0.2) is 14.6 Å². The third-order valence-corrected chi connectivity index (χ3v) is 4.96. The van der Waals surface area contributed by atoms with Gasteiger partial charge < -0.3 is 15.5 Å². The highest BCUT2D eigenvalue weighted by atomic mass is 15.3. The van der Waals surface area contributed by atoms with Gasteiger partial charge in [0, 0.05) is 83.3 Å². The lowest BCUT2D eigenvalue weighted by Gasteiger charge is -2.34. The van der Waals surface area contributed by atoms with Gasteiger partial charge in [0.2, 0.25) is 5.95 Å². The third kappa shape index (κ3) is 4.08. The highest BCUT2D eigenvalue weighted by Crippen LogP contribution is 2.15. The number of rotatable bonds is 6. The summed E-state index contributed by atoms with van der Waals surface area (Å²) in [5.41, 5.74) is 0. The van der Waals surface area contributed by atoms with E-state index in [2.05, 4.69) is 40.2 Å². The number of hydrogen-bond donors (Lipinski definition) is 2. The molecule has 25 heavy (non-hydrogen) atoms. The van der Waals surface area contributed by atoms with Gasteiger partial charge in [-0.1, -0.05) is 0 Å². The van der Waals surface area contributed by atoms with Crippen LogP contribution in [0.15, 0.2) is 30.7 Å². The van der Waals surface area contributed by atoms with Crippen molar-refractivity contribution in [1.82, 2.24) is 30.0 Å². The van der Waals surface area contributed by atoms with Crippen LogP contribution in [0.3, 0.4) is 0 Å². The zero-order valence-corrected chi connectivity index (χ0v) is 14.5. The predicted molar refractivity (Wildman–Crippen MR) is 97.8 cm³/mol. The summed E-state index contributed by atoms with van der Waals surface area (Å²) in [6.07, 6.45) is 5.48. The molecule has 1 saturated heterocycles. The van der Waals surface area contributed by atoms with Gasteiger partial charge in [0.05, 0.1) is 6.20 Å². The number of nitrogens with one attached hydrogen (secondary N) is 2. The molecule has 1 fully saturated rings. The Balaban J connectivity index is 1.13. The highest BCUT2D eigenvalue weighted by molar-refractivity contribution is 5.35. The lowest BCUT2D eigenvalue weighted by Crippen LogP contribution is -2.49. The first-order valence-electron chi connectivity index (χ1n) is 9.09. The second-order valence-electron chi connectivity index (χ2n) is 6.73. The summed E-state index contributed by atoms with van der Waals surface area (Å²) in [5.74, 6) is 2.58. The molecule has 0 aromatic carbocycles. The van der Waals surface area contributed by atoms with E-state index in [9.17, 15) is 0 Å². The molecule has 0 amide bonds. The molecule has 2 aliphatic heterocycles. The maximum absolute atomic E-state index is 4.34. The molecule has 0 saturated carbocycles. The minimum atomic E-state index is 0.597. The summed E-state index contributed by atoms with van der Waals surface area (Å²) in [4.78, 5) is 13.4. The summed E-state index contributed by atoms with van der Waals surface area (Å²) < 4.78 is 2.06. The van der Waals surface area contributed by atoms with Crippen molar-refractivity contribution >= 4 is 11.8 Å². The van der Waals surface area contributed by atoms with Crippen LogP contribution in [0.2, 0.25) is 0 Å². The van der Waals surface area contributed by atoms with E-state index in [0.29, 0.717) is 5.92 Å². The van der Waals surface area contributed by atoms with Crippen molar-refractivity contribution in [2.45, 2.75) is 6.54 Å². The van der Waals surface area contributed by atoms with E-state index < -0.39 is 0 Å². The number of aromatic nitrogens is 4. The van der Waals surface area contributed by atoms with Crippen molar-refractivity contribution < 1.29 is 0 Å². The Morgan fingerprint density at radius 1 is 1.12 bits per heavy atom. The molecule has 4 heterocycles. The molecule has 2 N–H and O–H groups in total. The van der Waals surface area contributed by atoms with Crippen molar-refractivity contribution in [2.75, 3.05) is 62.6 Å². The average Bonchev–Trinajstić information content (AvgIpc) is 3.14. The molecule has 2 aromatic rings. The Morgan fingerprint density at radius 2 is 1.96 bits per heavy atom. The van der Waals surface area contributed by atoms with Gasteiger partial charge in [0.25, 0.3) is 0 Å². The Morgan fingerprint density at radius 3 is 2.80 bits per heavy atom. The van der Waals surface area contributed by atoms with Crippen LogP contribution in [0.25, 0.3) is 0 Å². The molecule has 0 bridgehead atoms. The molecular formula is C17H26N8. The molecular weight excluding hydrogens is 316 g/mol. The highest BCUT2D eigenvalue weighted by Gasteiger charge is 2.19. The Hall–Kier alpha value is -2.19. The Labute approximate surface area is 148 Å². The molecule has 1 atom stereocenters. The lowest BCUT2D eigenvalue weighted by molar-refractivity contribution is 0.253. The summed E-state index contributed by atoms with van der Waals surface area (Å²) in [6.45, 7) is 9.32. The van der Waals surface area contributed by atoms with E-state index in [1.165, 1.54) is 0 Å². The number of fused-ring (bicyclic) bond motifs is 1. The van der Waals surface area contributed by atoms with E-state index in [1.54, 1.807) is 0 Å². The molecule has 8 nitrogen and oxygen atoms in total. The zero-order chi connectivity index (χ0) is 16.9. The maximum atomic E-state index is 4.34. The first-order valence-corrected chi connectivity index (χ1v) is 9.09. The van der Waals surface area contributed by atoms with Crippen molar-refractivity contribution in [3.63, 3.8) is 0 Å². The first kappa shape index (κ1) is 16.3. The minimum Gasteiger partial charge on any atom is -0.370 e. The van der Waals surface area contributed by atoms with Crippen LogP contribution in [0.5, 0.6) is 0 Å². The van der Waals surface area contributed by atoms with E-state index >= 15 is 0 Å². The summed E-state index contributed by atoms with van der Waals surface area (Å²) in [5, 5.41) is 11.4. The second-order valence-corrected chi connectivity index (χ2v) is 6.73. The molecule has 0 aliphatic carbocycles. The normalized spacial score (nSPS) is 21.0. The topological polar surface area (TPSA) is 74.1 Å². The second kappa shape index (κ2) is 7.79. The Kier molecular flexibility index (Phi) is 5.08. The van der Waals surface area contributed by atoms with Crippen LogP contribution >= 0.6 is 0 Å². The molecule has 8 heteroatoms. The monoisotopic (exact) mass is 342 g/mol. The SMILES string of the molecule is c1cnc(N2CCN(CCNC[C@H]3CNc4ccnn4C3)CC2)nc1. The van der Waals surface area contributed by atoms with Crippen molar-refractivity contribution in [2.24, 2.45) is 5.92 Å². The molecule has 0 radical (unpaired) electrons. The largest absolute Gasteiger partial charge is 0.370 e. The van der Waals surface area contributed by atoms with Crippen LogP contribution in [-0.4, -0.2) is 77.0 Å². The fourth-order valence-corrected chi connectivity index (χ4v) is 3.49. The number of piperazine rings is 1. The van der Waals surface area contributed by atoms with Gasteiger partial charge >= 0.3 is 0 Å². The van der Waals surface area contributed by atoms with Crippen LogP contribution < -0.4 is 15.5 Å². The van der Waals surface area contributed by atoms with Gasteiger partial charge in [-0.2, -0.15) is 5.10 Å². The van der Waals surface area contributed by atoms with Crippen LogP contribution in [-0.2, 0) is 6.54 Å². The lowest BCUT2D eigenvalue weighted by atomic mass is 10.1. The van der Waals surface area contributed by atoms with E-state index in [4.69, 9.17) is 0 Å². The fourth-order valence-electron chi connectivity index (χ4n) is 3.49. The van der Waals surface area contributed by atoms with E-state index in [1.807, 2.05) is 30.7 Å².